The van der Waals surface area contributed by atoms with Gasteiger partial charge in [0, 0.05) is 43.5 Å². The zero-order valence-electron chi connectivity index (χ0n) is 18.1. The summed E-state index contributed by atoms with van der Waals surface area (Å²) in [4.78, 5) is 35.0. The summed E-state index contributed by atoms with van der Waals surface area (Å²) in [6, 6.07) is 4.48. The lowest BCUT2D eigenvalue weighted by Crippen LogP contribution is -2.44. The van der Waals surface area contributed by atoms with Crippen molar-refractivity contribution in [3.63, 3.8) is 0 Å². The van der Waals surface area contributed by atoms with Crippen LogP contribution in [0, 0.1) is 11.8 Å². The van der Waals surface area contributed by atoms with Gasteiger partial charge < -0.3 is 15.4 Å². The Morgan fingerprint density at radius 1 is 1.34 bits per heavy atom. The highest BCUT2D eigenvalue weighted by Gasteiger charge is 2.25. The number of nitrogens with zero attached hydrogens (tertiary/aromatic N) is 3. The van der Waals surface area contributed by atoms with Gasteiger partial charge >= 0.3 is 0 Å². The molecule has 8 nitrogen and oxygen atoms in total. The monoisotopic (exact) mass is 445 g/mol. The molecule has 1 fully saturated rings. The lowest BCUT2D eigenvalue weighted by atomic mass is 10.0. The highest BCUT2D eigenvalue weighted by atomic mass is 19.1. The molecule has 0 spiro atoms. The van der Waals surface area contributed by atoms with Crippen LogP contribution in [0.25, 0.3) is 11.0 Å². The molecule has 1 saturated heterocycles. The highest BCUT2D eigenvalue weighted by molar-refractivity contribution is 5.92. The molecule has 3 aromatic rings. The molecule has 0 saturated carbocycles. The average Bonchev–Trinajstić information content (AvgIpc) is 2.79. The Bertz CT molecular complexity index is 1200. The zero-order valence-corrected chi connectivity index (χ0v) is 18.1. The molecule has 3 aromatic heterocycles. The van der Waals surface area contributed by atoms with E-state index < -0.39 is 17.6 Å². The number of aromatic nitrogens is 3. The number of halogens is 2. The number of aryl methyl sites for hydroxylation is 1. The van der Waals surface area contributed by atoms with Gasteiger partial charge in [0.1, 0.15) is 11.2 Å². The first-order chi connectivity index (χ1) is 15.2. The van der Waals surface area contributed by atoms with Crippen LogP contribution in [0.2, 0.25) is 0 Å². The number of amides is 1. The molecule has 10 heteroatoms. The summed E-state index contributed by atoms with van der Waals surface area (Å²) in [6.45, 7) is 5.56. The number of nitrogens with one attached hydrogen (secondary N) is 2. The third kappa shape index (κ3) is 4.91. The quantitative estimate of drug-likeness (QED) is 0.532. The maximum absolute atomic E-state index is 14.5. The van der Waals surface area contributed by atoms with Crippen molar-refractivity contribution in [2.75, 3.05) is 13.6 Å². The minimum atomic E-state index is -1.05. The average molecular weight is 445 g/mol. The van der Waals surface area contributed by atoms with Gasteiger partial charge in [-0.15, -0.1) is 0 Å². The van der Waals surface area contributed by atoms with Gasteiger partial charge in [-0.1, -0.05) is 6.92 Å². The summed E-state index contributed by atoms with van der Waals surface area (Å²) in [5.74, 6) is -2.46. The normalized spacial score (nSPS) is 15.6. The summed E-state index contributed by atoms with van der Waals surface area (Å²) in [5.41, 5.74) is 1.62. The van der Waals surface area contributed by atoms with Gasteiger partial charge in [-0.2, -0.15) is 4.39 Å². The van der Waals surface area contributed by atoms with Crippen LogP contribution >= 0.6 is 0 Å². The minimum Gasteiger partial charge on any atom is -0.504 e. The van der Waals surface area contributed by atoms with Crippen molar-refractivity contribution in [1.82, 2.24) is 25.2 Å². The maximum atomic E-state index is 14.5. The SMILES string of the molecule is CCc1cc2ncc(CN3CCC3C)c(F)c2[nH]c1=O.CNC(=O)c1ccc(O)c(F)n1. The number of aromatic hydroxyl groups is 1. The number of likely N-dealkylation sites (tertiary alicyclic amines) is 1. The fourth-order valence-electron chi connectivity index (χ4n) is 3.27. The van der Waals surface area contributed by atoms with Gasteiger partial charge in [-0.3, -0.25) is 19.5 Å². The predicted molar refractivity (Wildman–Crippen MR) is 115 cm³/mol. The molecule has 32 heavy (non-hydrogen) atoms. The molecule has 0 radical (unpaired) electrons. The molecule has 4 heterocycles. The van der Waals surface area contributed by atoms with Crippen molar-refractivity contribution in [3.8, 4) is 5.75 Å². The lowest BCUT2D eigenvalue weighted by molar-refractivity contribution is 0.0945. The van der Waals surface area contributed by atoms with Gasteiger partial charge in [0.2, 0.25) is 0 Å². The largest absolute Gasteiger partial charge is 0.504 e. The third-order valence-corrected chi connectivity index (χ3v) is 5.46. The first-order valence-corrected chi connectivity index (χ1v) is 10.3. The molecule has 1 aliphatic rings. The molecule has 1 atom stereocenters. The number of pyridine rings is 3. The van der Waals surface area contributed by atoms with E-state index in [0.717, 1.165) is 19.0 Å². The number of carbonyl (C=O) groups excluding carboxylic acids is 1. The van der Waals surface area contributed by atoms with Crippen LogP contribution in [-0.2, 0) is 13.0 Å². The number of H-pyrrole nitrogens is 1. The molecule has 0 aliphatic carbocycles. The Balaban J connectivity index is 0.000000207. The van der Waals surface area contributed by atoms with Crippen molar-refractivity contribution in [3.05, 3.63) is 63.3 Å². The van der Waals surface area contributed by atoms with Crippen LogP contribution in [0.1, 0.15) is 41.9 Å². The van der Waals surface area contributed by atoms with Crippen molar-refractivity contribution in [2.24, 2.45) is 0 Å². The molecular formula is C22H25F2N5O3. The lowest BCUT2D eigenvalue weighted by Gasteiger charge is -2.38. The molecule has 3 N–H and O–H groups in total. The summed E-state index contributed by atoms with van der Waals surface area (Å²) in [7, 11) is 1.41. The van der Waals surface area contributed by atoms with E-state index in [4.69, 9.17) is 5.11 Å². The first kappa shape index (κ1) is 23.3. The molecule has 170 valence electrons. The Morgan fingerprint density at radius 3 is 2.66 bits per heavy atom. The maximum Gasteiger partial charge on any atom is 0.269 e. The molecular weight excluding hydrogens is 420 g/mol. The predicted octanol–water partition coefficient (Wildman–Crippen LogP) is 2.50. The number of carbonyl (C=O) groups is 1. The highest BCUT2D eigenvalue weighted by Crippen LogP contribution is 2.23. The first-order valence-electron chi connectivity index (χ1n) is 10.3. The topological polar surface area (TPSA) is 111 Å². The number of hydrogen-bond donors (Lipinski definition) is 3. The second kappa shape index (κ2) is 9.82. The fraction of sp³-hybridized carbons (Fsp3) is 0.364. The van der Waals surface area contributed by atoms with Crippen molar-refractivity contribution in [1.29, 1.82) is 0 Å². The molecule has 1 aliphatic heterocycles. The zero-order chi connectivity index (χ0) is 23.4. The number of aromatic amines is 1. The third-order valence-electron chi connectivity index (χ3n) is 5.46. The van der Waals surface area contributed by atoms with Gasteiger partial charge in [-0.05, 0) is 38.0 Å². The molecule has 0 aromatic carbocycles. The van der Waals surface area contributed by atoms with Crippen LogP contribution < -0.4 is 10.9 Å². The van der Waals surface area contributed by atoms with E-state index in [1.54, 1.807) is 12.3 Å². The van der Waals surface area contributed by atoms with Gasteiger partial charge in [-0.25, -0.2) is 9.37 Å². The second-order valence-corrected chi connectivity index (χ2v) is 7.53. The van der Waals surface area contributed by atoms with E-state index >= 15 is 0 Å². The van der Waals surface area contributed by atoms with Gasteiger partial charge in [0.05, 0.1) is 5.52 Å². The Labute approximate surface area is 183 Å². The van der Waals surface area contributed by atoms with Crippen LogP contribution in [0.15, 0.2) is 29.2 Å². The summed E-state index contributed by atoms with van der Waals surface area (Å²) >= 11 is 0. The summed E-state index contributed by atoms with van der Waals surface area (Å²) in [6.07, 6.45) is 3.35. The Morgan fingerprint density at radius 2 is 2.09 bits per heavy atom. The Hall–Kier alpha value is -3.40. The minimum absolute atomic E-state index is 0.0622. The van der Waals surface area contributed by atoms with E-state index in [0.29, 0.717) is 35.7 Å². The number of fused-ring (bicyclic) bond motifs is 1. The molecule has 4 rings (SSSR count). The van der Waals surface area contributed by atoms with Crippen molar-refractivity contribution >= 4 is 16.9 Å². The standard InChI is InChI=1S/C15H18FN3O.C7H7FN2O2/c1-3-10-6-12-14(18-15(10)20)13(16)11(7-17-12)8-19-5-4-9(19)2;1-9-7(12)4-2-3-5(11)6(8)10-4/h6-7,9H,3-5,8H2,1-2H3,(H,18,20);2-3,11H,1H3,(H,9,12). The van der Waals surface area contributed by atoms with Crippen molar-refractivity contribution < 1.29 is 18.7 Å². The van der Waals surface area contributed by atoms with Gasteiger partial charge in [0.15, 0.2) is 11.6 Å². The summed E-state index contributed by atoms with van der Waals surface area (Å²) in [5, 5.41) is 11.0. The molecule has 0 bridgehead atoms. The van der Waals surface area contributed by atoms with Crippen molar-refractivity contribution in [2.45, 2.75) is 39.3 Å². The smallest absolute Gasteiger partial charge is 0.269 e. The van der Waals surface area contributed by atoms with E-state index in [1.807, 2.05) is 6.92 Å². The van der Waals surface area contributed by atoms with Crippen LogP contribution in [0.4, 0.5) is 8.78 Å². The van der Waals surface area contributed by atoms with E-state index in [9.17, 15) is 18.4 Å². The van der Waals surface area contributed by atoms with Crippen LogP contribution in [0.3, 0.4) is 0 Å². The number of rotatable bonds is 4. The van der Waals surface area contributed by atoms with E-state index in [-0.39, 0.29) is 22.6 Å². The van der Waals surface area contributed by atoms with Crippen LogP contribution in [-0.4, -0.2) is 50.5 Å². The van der Waals surface area contributed by atoms with E-state index in [1.165, 1.54) is 13.1 Å². The second-order valence-electron chi connectivity index (χ2n) is 7.53. The summed E-state index contributed by atoms with van der Waals surface area (Å²) < 4.78 is 27.0. The van der Waals surface area contributed by atoms with E-state index in [2.05, 4.69) is 32.1 Å². The molecule has 1 unspecified atom stereocenters. The Kier molecular flexibility index (Phi) is 7.14. The number of hydrogen-bond acceptors (Lipinski definition) is 6. The fourth-order valence-corrected chi connectivity index (χ4v) is 3.27. The molecule has 1 amide bonds. The van der Waals surface area contributed by atoms with Gasteiger partial charge in [0.25, 0.3) is 17.4 Å². The van der Waals surface area contributed by atoms with Crippen LogP contribution in [0.5, 0.6) is 5.75 Å².